The molecule has 0 radical (unpaired) electrons. The van der Waals surface area contributed by atoms with Gasteiger partial charge in [-0.25, -0.2) is 9.59 Å². The number of fused-ring (bicyclic) bond motifs is 1. The summed E-state index contributed by atoms with van der Waals surface area (Å²) in [6, 6.07) is 12.8. The van der Waals surface area contributed by atoms with Crippen LogP contribution in [0.5, 0.6) is 5.75 Å². The third kappa shape index (κ3) is 13.2. The van der Waals surface area contributed by atoms with E-state index in [2.05, 4.69) is 32.6 Å². The molecule has 1 heterocycles. The van der Waals surface area contributed by atoms with Crippen molar-refractivity contribution in [2.24, 2.45) is 10.5 Å². The Morgan fingerprint density at radius 1 is 0.919 bits per heavy atom. The summed E-state index contributed by atoms with van der Waals surface area (Å²) in [6.45, 7) is 15.5. The molecule has 1 saturated heterocycles. The minimum atomic E-state index is -1.38. The number of likely N-dealkylation sites (tertiary alicyclic amines) is 1. The summed E-state index contributed by atoms with van der Waals surface area (Å²) >= 11 is 0. The van der Waals surface area contributed by atoms with Gasteiger partial charge in [-0.1, -0.05) is 93.1 Å². The Kier molecular flexibility index (Phi) is 16.1. The number of carbonyl (C=O) groups is 6. The molecular weight excluding hydrogens is 797 g/mol. The van der Waals surface area contributed by atoms with Crippen molar-refractivity contribution >= 4 is 46.5 Å². The molecule has 1 fully saturated rings. The summed E-state index contributed by atoms with van der Waals surface area (Å²) < 4.78 is 10.9. The molecule has 1 aliphatic heterocycles. The maximum absolute atomic E-state index is 14.5. The maximum atomic E-state index is 14.5. The fraction of sp³-hybridized carbons (Fsp3) is 0.467. The zero-order valence-electron chi connectivity index (χ0n) is 36.6. The number of likely N-dealkylation sites (N-methyl/N-ethyl adjacent to an activating group) is 1. The number of carboxylic acid groups (broad SMARTS) is 1. The van der Waals surface area contributed by atoms with Crippen LogP contribution in [0.15, 0.2) is 84.5 Å². The van der Waals surface area contributed by atoms with Crippen LogP contribution in [0.25, 0.3) is 21.2 Å². The van der Waals surface area contributed by atoms with Crippen molar-refractivity contribution in [2.45, 2.75) is 110 Å². The molecule has 62 heavy (non-hydrogen) atoms. The van der Waals surface area contributed by atoms with Crippen molar-refractivity contribution < 1.29 is 43.3 Å². The van der Waals surface area contributed by atoms with Gasteiger partial charge in [-0.15, -0.1) is 0 Å². The summed E-state index contributed by atoms with van der Waals surface area (Å²) in [6.07, 6.45) is 0.628. The molecule has 4 rings (SSSR count). The van der Waals surface area contributed by atoms with Gasteiger partial charge in [-0.3, -0.25) is 24.1 Å². The average Bonchev–Trinajstić information content (AvgIpc) is 3.64. The van der Waals surface area contributed by atoms with Crippen LogP contribution >= 0.6 is 0 Å². The smallest absolute Gasteiger partial charge is 0.410 e. The molecule has 4 N–H and O–H groups in total. The van der Waals surface area contributed by atoms with Crippen molar-refractivity contribution in [1.82, 2.24) is 25.8 Å². The number of nitrogens with zero attached hydrogens (tertiary/aromatic N) is 5. The minimum Gasteiger partial charge on any atom is -0.490 e. The van der Waals surface area contributed by atoms with Crippen molar-refractivity contribution in [1.29, 1.82) is 0 Å². The number of carboxylic acids is 1. The zero-order chi connectivity index (χ0) is 45.9. The van der Waals surface area contributed by atoms with Crippen molar-refractivity contribution in [2.75, 3.05) is 20.2 Å². The van der Waals surface area contributed by atoms with Crippen molar-refractivity contribution in [3.63, 3.8) is 0 Å². The van der Waals surface area contributed by atoms with Gasteiger partial charge in [0.2, 0.25) is 23.6 Å². The summed E-state index contributed by atoms with van der Waals surface area (Å²) in [4.78, 5) is 87.3. The number of aliphatic carboxylic acids is 1. The molecule has 3 aromatic carbocycles. The van der Waals surface area contributed by atoms with Gasteiger partial charge in [0.15, 0.2) is 0 Å². The van der Waals surface area contributed by atoms with Crippen LogP contribution in [0.1, 0.15) is 66.0 Å². The summed E-state index contributed by atoms with van der Waals surface area (Å²) in [5, 5.41) is 24.0. The van der Waals surface area contributed by atoms with Crippen LogP contribution < -0.4 is 20.7 Å². The maximum Gasteiger partial charge on any atom is 0.410 e. The van der Waals surface area contributed by atoms with Crippen LogP contribution in [-0.4, -0.2) is 113 Å². The van der Waals surface area contributed by atoms with Crippen LogP contribution in [-0.2, 0) is 41.6 Å². The molecule has 332 valence electrons. The molecule has 17 heteroatoms. The molecule has 0 bridgehead atoms. The van der Waals surface area contributed by atoms with Gasteiger partial charge >= 0.3 is 12.1 Å². The Bertz CT molecular complexity index is 2180. The predicted octanol–water partition coefficient (Wildman–Crippen LogP) is 5.31. The molecule has 6 atom stereocenters. The molecule has 0 aliphatic carbocycles. The molecule has 1 unspecified atom stereocenters. The highest BCUT2D eigenvalue weighted by atomic mass is 16.6. The highest BCUT2D eigenvalue weighted by molar-refractivity contribution is 5.97. The van der Waals surface area contributed by atoms with Gasteiger partial charge in [0, 0.05) is 31.3 Å². The number of carbonyl (C=O) groups excluding carboxylic acids is 5. The second-order valence-electron chi connectivity index (χ2n) is 17.5. The second kappa shape index (κ2) is 20.8. The molecular formula is C45H58N8O9. The standard InChI is InChI=1S/C45H58N8O9/c1-10-21-61-33-19-16-28(17-20-33)23-35(42(58)59)48-39(55)34(24-29-15-18-30-13-11-12-14-31(30)22-29)47-40(56)36-25-32(50-51-46)26-53(36)41(57)37(44(3,4)5)49-38(54)27(2)52(9)43(60)62-45(6,7)8/h10-20,22,27,32,34-37H,1,21,23-26H2,2-9H3,(H,47,56)(H,48,55)(H,49,54)(H,58,59)/t27-,32-,34-,35?,36-,37+/m0/s1. The van der Waals surface area contributed by atoms with E-state index < -0.39 is 83.0 Å². The lowest BCUT2D eigenvalue weighted by Crippen LogP contribution is -2.61. The van der Waals surface area contributed by atoms with Crippen LogP contribution in [0.4, 0.5) is 4.79 Å². The lowest BCUT2D eigenvalue weighted by molar-refractivity contribution is -0.145. The number of benzene rings is 3. The monoisotopic (exact) mass is 854 g/mol. The highest BCUT2D eigenvalue weighted by Gasteiger charge is 2.46. The molecule has 0 saturated carbocycles. The zero-order valence-corrected chi connectivity index (χ0v) is 36.6. The summed E-state index contributed by atoms with van der Waals surface area (Å²) in [7, 11) is 1.40. The number of nitrogens with one attached hydrogen (secondary N) is 3. The Morgan fingerprint density at radius 3 is 2.15 bits per heavy atom. The first-order valence-corrected chi connectivity index (χ1v) is 20.4. The quantitative estimate of drug-likeness (QED) is 0.0596. The molecule has 1 aliphatic rings. The molecule has 5 amide bonds. The number of ether oxygens (including phenoxy) is 2. The SMILES string of the molecule is C=CCOc1ccc(CC(NC(=O)[C@H](Cc2ccc3ccccc3c2)NC(=O)[C@@H]2C[C@H](N=[N+]=[N-])CN2C(=O)[C@@H](NC(=O)[C@H](C)N(C)C(=O)OC(C)(C)C)C(C)(C)C)C(=O)O)cc1. The Morgan fingerprint density at radius 2 is 1.55 bits per heavy atom. The first-order valence-electron chi connectivity index (χ1n) is 20.4. The van der Waals surface area contributed by atoms with E-state index in [1.165, 1.54) is 18.9 Å². The number of azide groups is 1. The average molecular weight is 855 g/mol. The Labute approximate surface area is 361 Å². The van der Waals surface area contributed by atoms with Crippen molar-refractivity contribution in [3.05, 3.63) is 101 Å². The van der Waals surface area contributed by atoms with Gasteiger partial charge in [0.25, 0.3) is 0 Å². The lowest BCUT2D eigenvalue weighted by atomic mass is 9.85. The molecule has 0 aromatic heterocycles. The van der Waals surface area contributed by atoms with Crippen LogP contribution in [0, 0.1) is 5.41 Å². The Hall–Kier alpha value is -6.61. The van der Waals surface area contributed by atoms with E-state index in [0.717, 1.165) is 15.7 Å². The first-order chi connectivity index (χ1) is 29.1. The van der Waals surface area contributed by atoms with Crippen LogP contribution in [0.3, 0.4) is 0 Å². The van der Waals surface area contributed by atoms with E-state index in [-0.39, 0.29) is 25.8 Å². The fourth-order valence-corrected chi connectivity index (χ4v) is 6.87. The molecule has 0 spiro atoms. The highest BCUT2D eigenvalue weighted by Crippen LogP contribution is 2.28. The van der Waals surface area contributed by atoms with E-state index in [4.69, 9.17) is 9.47 Å². The van der Waals surface area contributed by atoms with Crippen molar-refractivity contribution in [3.8, 4) is 5.75 Å². The lowest BCUT2D eigenvalue weighted by Gasteiger charge is -2.37. The normalized spacial score (nSPS) is 17.0. The van der Waals surface area contributed by atoms with Gasteiger partial charge in [0.05, 0.1) is 6.04 Å². The van der Waals surface area contributed by atoms with Gasteiger partial charge in [-0.05, 0) is 79.1 Å². The molecule has 17 nitrogen and oxygen atoms in total. The summed E-state index contributed by atoms with van der Waals surface area (Å²) in [5.41, 5.74) is 8.88. The second-order valence-corrected chi connectivity index (χ2v) is 17.5. The van der Waals surface area contributed by atoms with E-state index >= 15 is 0 Å². The number of rotatable bonds is 17. The fourth-order valence-electron chi connectivity index (χ4n) is 6.87. The van der Waals surface area contributed by atoms with E-state index in [0.29, 0.717) is 23.5 Å². The van der Waals surface area contributed by atoms with Crippen LogP contribution in [0.2, 0.25) is 0 Å². The third-order valence-electron chi connectivity index (χ3n) is 10.4. The van der Waals surface area contributed by atoms with Gasteiger partial charge in [-0.2, -0.15) is 0 Å². The number of hydrogen-bond donors (Lipinski definition) is 4. The van der Waals surface area contributed by atoms with Gasteiger partial charge < -0.3 is 35.4 Å². The summed E-state index contributed by atoms with van der Waals surface area (Å²) in [5.74, 6) is -3.59. The van der Waals surface area contributed by atoms with E-state index in [1.807, 2.05) is 36.4 Å². The van der Waals surface area contributed by atoms with Gasteiger partial charge in [0.1, 0.15) is 48.2 Å². The largest absolute Gasteiger partial charge is 0.490 e. The number of hydrogen-bond acceptors (Lipinski definition) is 9. The first kappa shape index (κ1) is 48.1. The predicted molar refractivity (Wildman–Crippen MR) is 233 cm³/mol. The third-order valence-corrected chi connectivity index (χ3v) is 10.4. The topological polar surface area (TPSA) is 232 Å². The minimum absolute atomic E-state index is 0.0474. The molecule has 3 aromatic rings. The number of amides is 5. The van der Waals surface area contributed by atoms with E-state index in [9.17, 15) is 39.4 Å². The Balaban J connectivity index is 1.63. The van der Waals surface area contributed by atoms with E-state index in [1.54, 1.807) is 78.0 Å².